The lowest BCUT2D eigenvalue weighted by atomic mass is 10.1. The fourth-order valence-corrected chi connectivity index (χ4v) is 2.49. The summed E-state index contributed by atoms with van der Waals surface area (Å²) < 4.78 is 5.80. The molecule has 0 bridgehead atoms. The average molecular weight is 252 g/mol. The van der Waals surface area contributed by atoms with Gasteiger partial charge in [0, 0.05) is 12.0 Å². The molecule has 0 saturated heterocycles. The third-order valence-corrected chi connectivity index (χ3v) is 3.49. The van der Waals surface area contributed by atoms with Gasteiger partial charge in [0.1, 0.15) is 12.4 Å². The van der Waals surface area contributed by atoms with Gasteiger partial charge in [-0.15, -0.1) is 0 Å². The Bertz CT molecular complexity index is 629. The predicted octanol–water partition coefficient (Wildman–Crippen LogP) is 3.70. The first-order chi connectivity index (χ1) is 9.22. The quantitative estimate of drug-likeness (QED) is 0.832. The second-order valence-corrected chi connectivity index (χ2v) is 5.02. The summed E-state index contributed by atoms with van der Waals surface area (Å²) in [5.41, 5.74) is 4.38. The van der Waals surface area contributed by atoms with E-state index in [-0.39, 0.29) is 5.78 Å². The van der Waals surface area contributed by atoms with E-state index < -0.39 is 0 Å². The Morgan fingerprint density at radius 2 is 2.00 bits per heavy atom. The molecular formula is C17H16O2. The van der Waals surface area contributed by atoms with Gasteiger partial charge >= 0.3 is 0 Å². The normalized spacial score (nSPS) is 13.4. The lowest BCUT2D eigenvalue weighted by Gasteiger charge is -2.08. The third-order valence-electron chi connectivity index (χ3n) is 3.49. The van der Waals surface area contributed by atoms with Crippen LogP contribution < -0.4 is 4.74 Å². The van der Waals surface area contributed by atoms with E-state index in [1.807, 2.05) is 24.3 Å². The minimum Gasteiger partial charge on any atom is -0.489 e. The molecule has 2 nitrogen and oxygen atoms in total. The van der Waals surface area contributed by atoms with Crippen LogP contribution >= 0.6 is 0 Å². The van der Waals surface area contributed by atoms with Crippen LogP contribution in [-0.2, 0) is 13.0 Å². The Morgan fingerprint density at radius 1 is 1.11 bits per heavy atom. The maximum atomic E-state index is 11.6. The number of hydrogen-bond donors (Lipinski definition) is 0. The number of carbonyl (C=O) groups excluding carboxylic acids is 1. The van der Waals surface area contributed by atoms with Gasteiger partial charge in [-0.1, -0.05) is 29.8 Å². The molecular weight excluding hydrogens is 236 g/mol. The second-order valence-electron chi connectivity index (χ2n) is 5.02. The van der Waals surface area contributed by atoms with Crippen LogP contribution in [0.5, 0.6) is 5.75 Å². The molecule has 0 aromatic heterocycles. The highest BCUT2D eigenvalue weighted by atomic mass is 16.5. The molecule has 0 amide bonds. The van der Waals surface area contributed by atoms with Gasteiger partial charge in [-0.3, -0.25) is 4.79 Å². The van der Waals surface area contributed by atoms with E-state index in [0.29, 0.717) is 13.0 Å². The average Bonchev–Trinajstić information content (AvgIpc) is 2.78. The first kappa shape index (κ1) is 12.0. The lowest BCUT2D eigenvalue weighted by molar-refractivity contribution is 0.0994. The maximum absolute atomic E-state index is 11.6. The zero-order chi connectivity index (χ0) is 13.2. The lowest BCUT2D eigenvalue weighted by Crippen LogP contribution is -1.97. The molecule has 0 atom stereocenters. The highest BCUT2D eigenvalue weighted by Gasteiger charge is 2.19. The van der Waals surface area contributed by atoms with Gasteiger partial charge in [0.25, 0.3) is 0 Å². The Hall–Kier alpha value is -2.09. The van der Waals surface area contributed by atoms with Crippen molar-refractivity contribution in [1.29, 1.82) is 0 Å². The minimum atomic E-state index is 0.250. The molecule has 2 aromatic carbocycles. The van der Waals surface area contributed by atoms with Crippen LogP contribution in [-0.4, -0.2) is 5.78 Å². The Balaban J connectivity index is 1.73. The molecule has 0 aliphatic heterocycles. The number of carbonyl (C=O) groups is 1. The largest absolute Gasteiger partial charge is 0.489 e. The smallest absolute Gasteiger partial charge is 0.163 e. The van der Waals surface area contributed by atoms with Gasteiger partial charge in [-0.2, -0.15) is 0 Å². The number of rotatable bonds is 3. The molecule has 0 spiro atoms. The summed E-state index contributed by atoms with van der Waals surface area (Å²) in [6.45, 7) is 2.64. The standard InChI is InChI=1S/C17H16O2/c1-12-3-2-4-13(9-12)11-19-15-6-7-16-14(10-15)5-8-17(16)18/h2-4,6-7,9-10H,5,8,11H2,1H3. The number of fused-ring (bicyclic) bond motifs is 1. The Labute approximate surface area is 113 Å². The second kappa shape index (κ2) is 4.88. The Morgan fingerprint density at radius 3 is 2.84 bits per heavy atom. The summed E-state index contributed by atoms with van der Waals surface area (Å²) >= 11 is 0. The molecule has 96 valence electrons. The van der Waals surface area contributed by atoms with Crippen molar-refractivity contribution in [3.8, 4) is 5.75 Å². The molecule has 2 heteroatoms. The summed E-state index contributed by atoms with van der Waals surface area (Å²) in [5.74, 6) is 1.09. The van der Waals surface area contributed by atoms with E-state index in [9.17, 15) is 4.79 Å². The summed E-state index contributed by atoms with van der Waals surface area (Å²) in [6.07, 6.45) is 1.48. The van der Waals surface area contributed by atoms with Gasteiger partial charge in [-0.25, -0.2) is 0 Å². The predicted molar refractivity (Wildman–Crippen MR) is 74.6 cm³/mol. The van der Waals surface area contributed by atoms with Crippen LogP contribution in [0.4, 0.5) is 0 Å². The van der Waals surface area contributed by atoms with Crippen LogP contribution in [0, 0.1) is 6.92 Å². The van der Waals surface area contributed by atoms with E-state index in [4.69, 9.17) is 4.74 Å². The number of hydrogen-bond acceptors (Lipinski definition) is 2. The van der Waals surface area contributed by atoms with Gasteiger partial charge in [0.2, 0.25) is 0 Å². The fraction of sp³-hybridized carbons (Fsp3) is 0.235. The number of aryl methyl sites for hydroxylation is 2. The van der Waals surface area contributed by atoms with Crippen molar-refractivity contribution in [2.45, 2.75) is 26.4 Å². The van der Waals surface area contributed by atoms with Gasteiger partial charge in [0.15, 0.2) is 5.78 Å². The molecule has 0 unspecified atom stereocenters. The summed E-state index contributed by atoms with van der Waals surface area (Å²) in [7, 11) is 0. The number of Topliss-reactive ketones (excluding diaryl/α,β-unsaturated/α-hetero) is 1. The van der Waals surface area contributed by atoms with Crippen LogP contribution in [0.3, 0.4) is 0 Å². The van der Waals surface area contributed by atoms with E-state index in [2.05, 4.69) is 25.1 Å². The van der Waals surface area contributed by atoms with Crippen molar-refractivity contribution in [1.82, 2.24) is 0 Å². The topological polar surface area (TPSA) is 26.3 Å². The molecule has 0 heterocycles. The van der Waals surface area contributed by atoms with E-state index in [0.717, 1.165) is 28.9 Å². The number of ketones is 1. The first-order valence-electron chi connectivity index (χ1n) is 6.57. The highest BCUT2D eigenvalue weighted by Crippen LogP contribution is 2.26. The molecule has 2 aromatic rings. The van der Waals surface area contributed by atoms with Crippen LogP contribution in [0.25, 0.3) is 0 Å². The van der Waals surface area contributed by atoms with E-state index in [1.54, 1.807) is 0 Å². The number of benzene rings is 2. The summed E-state index contributed by atoms with van der Waals surface area (Å²) in [6, 6.07) is 14.1. The van der Waals surface area contributed by atoms with Crippen molar-refractivity contribution in [3.05, 3.63) is 64.7 Å². The summed E-state index contributed by atoms with van der Waals surface area (Å²) in [5, 5.41) is 0. The van der Waals surface area contributed by atoms with E-state index >= 15 is 0 Å². The van der Waals surface area contributed by atoms with E-state index in [1.165, 1.54) is 5.56 Å². The van der Waals surface area contributed by atoms with Crippen LogP contribution in [0.1, 0.15) is 33.5 Å². The molecule has 0 saturated carbocycles. The number of ether oxygens (including phenoxy) is 1. The van der Waals surface area contributed by atoms with Crippen molar-refractivity contribution >= 4 is 5.78 Å². The first-order valence-corrected chi connectivity index (χ1v) is 6.57. The SMILES string of the molecule is Cc1cccc(COc2ccc3c(c2)CCC3=O)c1. The van der Waals surface area contributed by atoms with Crippen LogP contribution in [0.15, 0.2) is 42.5 Å². The monoisotopic (exact) mass is 252 g/mol. The van der Waals surface area contributed by atoms with Crippen molar-refractivity contribution < 1.29 is 9.53 Å². The highest BCUT2D eigenvalue weighted by molar-refractivity contribution is 6.00. The molecule has 3 rings (SSSR count). The molecule has 19 heavy (non-hydrogen) atoms. The molecule has 0 N–H and O–H groups in total. The summed E-state index contributed by atoms with van der Waals surface area (Å²) in [4.78, 5) is 11.6. The fourth-order valence-electron chi connectivity index (χ4n) is 2.49. The van der Waals surface area contributed by atoms with Crippen molar-refractivity contribution in [2.75, 3.05) is 0 Å². The van der Waals surface area contributed by atoms with Crippen LogP contribution in [0.2, 0.25) is 0 Å². The molecule has 1 aliphatic rings. The molecule has 0 fully saturated rings. The maximum Gasteiger partial charge on any atom is 0.163 e. The zero-order valence-electron chi connectivity index (χ0n) is 11.0. The van der Waals surface area contributed by atoms with Crippen molar-refractivity contribution in [2.24, 2.45) is 0 Å². The van der Waals surface area contributed by atoms with Gasteiger partial charge < -0.3 is 4.74 Å². The minimum absolute atomic E-state index is 0.250. The molecule has 0 radical (unpaired) electrons. The van der Waals surface area contributed by atoms with Gasteiger partial charge in [0.05, 0.1) is 0 Å². The van der Waals surface area contributed by atoms with Gasteiger partial charge in [-0.05, 0) is 42.7 Å². The van der Waals surface area contributed by atoms with Crippen molar-refractivity contribution in [3.63, 3.8) is 0 Å². The zero-order valence-corrected chi connectivity index (χ0v) is 11.0. The third kappa shape index (κ3) is 2.53. The Kier molecular flexibility index (Phi) is 3.08. The molecule has 1 aliphatic carbocycles.